The average Bonchev–Trinajstić information content (AvgIpc) is 3.18. The van der Waals surface area contributed by atoms with E-state index in [-0.39, 0.29) is 11.4 Å². The topological polar surface area (TPSA) is 234 Å². The Morgan fingerprint density at radius 2 is 0.648 bits per heavy atom. The molecule has 1 aromatic carbocycles. The van der Waals surface area contributed by atoms with Crippen LogP contribution in [-0.4, -0.2) is 101 Å². The van der Waals surface area contributed by atoms with Crippen molar-refractivity contribution in [3.8, 4) is 0 Å². The summed E-state index contributed by atoms with van der Waals surface area (Å²) in [7, 11) is 0. The number of esters is 6. The fraction of sp³-hybridized carbons (Fsp3) is 0.278. The summed E-state index contributed by atoms with van der Waals surface area (Å²) in [6.45, 7) is 15.2. The molecule has 0 saturated carbocycles. The molecule has 0 saturated heterocycles. The van der Waals surface area contributed by atoms with Gasteiger partial charge in [0.05, 0.1) is 0 Å². The summed E-state index contributed by atoms with van der Waals surface area (Å²) in [5, 5.41) is 4.83. The number of hydrogen-bond donors (Lipinski definition) is 2. The second kappa shape index (κ2) is 23.5. The summed E-state index contributed by atoms with van der Waals surface area (Å²) in [5.74, 6) is -5.22. The number of nitrogens with one attached hydrogen (secondary N) is 2. The van der Waals surface area contributed by atoms with Crippen LogP contribution in [-0.2, 0) is 66.7 Å². The number of hydrogen-bond acceptors (Lipinski definition) is 16. The van der Waals surface area contributed by atoms with E-state index >= 15 is 0 Å². The second-order valence-corrected chi connectivity index (χ2v) is 10.9. The first kappa shape index (κ1) is 45.0. The molecule has 0 heterocycles. The van der Waals surface area contributed by atoms with Crippen molar-refractivity contribution in [3.63, 3.8) is 0 Å². The van der Waals surface area contributed by atoms with Crippen molar-refractivity contribution >= 4 is 59.4 Å². The molecule has 0 bridgehead atoms. The minimum atomic E-state index is -1.59. The highest BCUT2D eigenvalue weighted by Gasteiger charge is 2.39. The monoisotopic (exact) mass is 756 g/mol. The molecule has 1 rings (SSSR count). The highest BCUT2D eigenvalue weighted by Crippen LogP contribution is 2.24. The fourth-order valence-electron chi connectivity index (χ4n) is 3.62. The molecule has 0 spiro atoms. The minimum Gasteiger partial charge on any atom is -0.462 e. The molecule has 1 aromatic rings. The van der Waals surface area contributed by atoms with E-state index in [4.69, 9.17) is 37.9 Å². The van der Waals surface area contributed by atoms with Gasteiger partial charge in [0.25, 0.3) is 0 Å². The fourth-order valence-corrected chi connectivity index (χ4v) is 3.62. The van der Waals surface area contributed by atoms with Crippen molar-refractivity contribution in [1.82, 2.24) is 0 Å². The second-order valence-electron chi connectivity index (χ2n) is 10.9. The highest BCUT2D eigenvalue weighted by atomic mass is 16.6. The molecule has 54 heavy (non-hydrogen) atoms. The van der Waals surface area contributed by atoms with Crippen molar-refractivity contribution in [1.29, 1.82) is 0 Å². The first-order valence-corrected chi connectivity index (χ1v) is 15.4. The van der Waals surface area contributed by atoms with Gasteiger partial charge in [0.15, 0.2) is 0 Å². The molecule has 2 amide bonds. The van der Waals surface area contributed by atoms with Crippen LogP contribution in [0.25, 0.3) is 0 Å². The van der Waals surface area contributed by atoms with Gasteiger partial charge in [-0.2, -0.15) is 0 Å². The Kier molecular flexibility index (Phi) is 19.6. The third-order valence-electron chi connectivity index (χ3n) is 6.50. The van der Waals surface area contributed by atoms with Gasteiger partial charge in [0.2, 0.25) is 0 Å². The lowest BCUT2D eigenvalue weighted by molar-refractivity contribution is -0.161. The van der Waals surface area contributed by atoms with Crippen molar-refractivity contribution < 1.29 is 76.3 Å². The normalized spacial score (nSPS) is 10.4. The lowest BCUT2D eigenvalue weighted by atomic mass is 9.92. The van der Waals surface area contributed by atoms with Crippen LogP contribution in [0.4, 0.5) is 21.0 Å². The maximum absolute atomic E-state index is 12.8. The van der Waals surface area contributed by atoms with Crippen LogP contribution in [0.3, 0.4) is 0 Å². The van der Waals surface area contributed by atoms with E-state index in [1.807, 2.05) is 0 Å². The Labute approximate surface area is 310 Å². The molecule has 0 aliphatic heterocycles. The summed E-state index contributed by atoms with van der Waals surface area (Å²) in [5.41, 5.74) is -2.99. The summed E-state index contributed by atoms with van der Waals surface area (Å²) in [6.07, 6.45) is 3.03. The standard InChI is InChI=1S/C36H40N2O16/c1-7-27(39)47-17-35(18-48-28(40)8-2,19-49-29(41)9-3)23-53-33(45)37-25-14-13-15-26(16-25)38-34(46)54-24-36(20-50-30(42)10-4,21-51-31(43)11-5)22-52-32(44)12-6/h7-16H,1-6,17-24H2,(H,37,45)(H,38,46). The average molecular weight is 757 g/mol. The Balaban J connectivity index is 3.13. The molecule has 0 unspecified atom stereocenters. The lowest BCUT2D eigenvalue weighted by Gasteiger charge is -2.31. The summed E-state index contributed by atoms with van der Waals surface area (Å²) >= 11 is 0. The summed E-state index contributed by atoms with van der Waals surface area (Å²) < 4.78 is 41.1. The molecule has 0 aromatic heterocycles. The molecule has 18 nitrogen and oxygen atoms in total. The van der Waals surface area contributed by atoms with Gasteiger partial charge in [-0.1, -0.05) is 45.5 Å². The molecule has 0 aliphatic carbocycles. The molecule has 0 fully saturated rings. The maximum atomic E-state index is 12.8. The molecular formula is C36H40N2O16. The van der Waals surface area contributed by atoms with Gasteiger partial charge in [-0.05, 0) is 18.2 Å². The third-order valence-corrected chi connectivity index (χ3v) is 6.50. The van der Waals surface area contributed by atoms with Gasteiger partial charge in [-0.15, -0.1) is 0 Å². The zero-order valence-electron chi connectivity index (χ0n) is 29.2. The van der Waals surface area contributed by atoms with E-state index in [1.165, 1.54) is 24.3 Å². The van der Waals surface area contributed by atoms with Gasteiger partial charge < -0.3 is 37.9 Å². The minimum absolute atomic E-state index is 0.0935. The zero-order chi connectivity index (χ0) is 40.6. The van der Waals surface area contributed by atoms with Crippen LogP contribution in [0.2, 0.25) is 0 Å². The maximum Gasteiger partial charge on any atom is 0.411 e. The van der Waals surface area contributed by atoms with Gasteiger partial charge in [0, 0.05) is 47.8 Å². The van der Waals surface area contributed by atoms with Crippen LogP contribution in [0, 0.1) is 10.8 Å². The van der Waals surface area contributed by atoms with Crippen molar-refractivity contribution in [2.24, 2.45) is 10.8 Å². The number of rotatable bonds is 24. The molecular weight excluding hydrogens is 716 g/mol. The zero-order valence-corrected chi connectivity index (χ0v) is 29.2. The van der Waals surface area contributed by atoms with E-state index in [2.05, 4.69) is 50.1 Å². The molecule has 0 aliphatic rings. The largest absolute Gasteiger partial charge is 0.462 e. The molecule has 290 valence electrons. The highest BCUT2D eigenvalue weighted by molar-refractivity contribution is 5.89. The number of amides is 2. The van der Waals surface area contributed by atoms with E-state index in [0.29, 0.717) is 0 Å². The van der Waals surface area contributed by atoms with Gasteiger partial charge >= 0.3 is 48.0 Å². The number of ether oxygens (including phenoxy) is 8. The van der Waals surface area contributed by atoms with Crippen LogP contribution in [0.15, 0.2) is 100 Å². The number of carbonyl (C=O) groups excluding carboxylic acids is 8. The Hall–Kier alpha value is -6.98. The SMILES string of the molecule is C=CC(=O)OCC(COC(=O)C=C)(COC(=O)C=C)COC(=O)Nc1cccc(NC(=O)OCC(COC(=O)C=C)(COC(=O)C=C)COC(=O)C=C)c1. The third kappa shape index (κ3) is 17.3. The smallest absolute Gasteiger partial charge is 0.411 e. The predicted molar refractivity (Wildman–Crippen MR) is 188 cm³/mol. The number of benzene rings is 1. The van der Waals surface area contributed by atoms with E-state index in [9.17, 15) is 38.4 Å². The predicted octanol–water partition coefficient (Wildman–Crippen LogP) is 3.13. The summed E-state index contributed by atoms with van der Waals surface area (Å²) in [6, 6.07) is 5.59. The number of anilines is 2. The first-order chi connectivity index (χ1) is 25.7. The molecule has 0 atom stereocenters. The molecule has 2 N–H and O–H groups in total. The lowest BCUT2D eigenvalue weighted by Crippen LogP contribution is -2.44. The van der Waals surface area contributed by atoms with E-state index < -0.39 is 112 Å². The van der Waals surface area contributed by atoms with Crippen molar-refractivity contribution in [3.05, 3.63) is 100 Å². The number of carbonyl (C=O) groups is 8. The first-order valence-electron chi connectivity index (χ1n) is 15.4. The Bertz CT molecular complexity index is 1380. The summed E-state index contributed by atoms with van der Waals surface area (Å²) in [4.78, 5) is 96.5. The van der Waals surface area contributed by atoms with Crippen LogP contribution < -0.4 is 10.6 Å². The van der Waals surface area contributed by atoms with Gasteiger partial charge in [0.1, 0.15) is 63.7 Å². The quantitative estimate of drug-likeness (QED) is 0.0876. The van der Waals surface area contributed by atoms with Crippen LogP contribution in [0.5, 0.6) is 0 Å². The van der Waals surface area contributed by atoms with E-state index in [1.54, 1.807) is 0 Å². The van der Waals surface area contributed by atoms with Crippen LogP contribution >= 0.6 is 0 Å². The van der Waals surface area contributed by atoms with Crippen LogP contribution in [0.1, 0.15) is 0 Å². The Morgan fingerprint density at radius 1 is 0.426 bits per heavy atom. The van der Waals surface area contributed by atoms with Crippen molar-refractivity contribution in [2.45, 2.75) is 0 Å². The van der Waals surface area contributed by atoms with Gasteiger partial charge in [-0.25, -0.2) is 38.4 Å². The van der Waals surface area contributed by atoms with E-state index in [0.717, 1.165) is 36.5 Å². The molecule has 18 heteroatoms. The Morgan fingerprint density at radius 3 is 0.870 bits per heavy atom. The molecule has 0 radical (unpaired) electrons. The van der Waals surface area contributed by atoms with Gasteiger partial charge in [-0.3, -0.25) is 10.6 Å². The van der Waals surface area contributed by atoms with Crippen molar-refractivity contribution in [2.75, 3.05) is 63.5 Å².